The molecule has 0 spiro atoms. The van der Waals surface area contributed by atoms with Crippen LogP contribution in [0.1, 0.15) is 11.1 Å². The van der Waals surface area contributed by atoms with Crippen LogP contribution in [0.5, 0.6) is 0 Å². The molecule has 0 amide bonds. The first-order chi connectivity index (χ1) is 24.2. The maximum Gasteiger partial charge on any atom is 0.0991 e. The second-order valence-corrected chi connectivity index (χ2v) is 12.4. The lowest BCUT2D eigenvalue weighted by Crippen LogP contribution is -1.98. The molecule has 0 fully saturated rings. The standard InChI is InChI=1S/C44H25N5/c45-26-28-17-19-39-35(23-28)36-24-29(27-46)18-20-40(36)48(39)31-11-8-12-32(25-31)49-38-16-7-5-14-34(38)44-42(49)22-21-41-43(44)33-13-4-6-15-37(33)47(41)30-9-2-1-3-10-30/h1-25H. The molecule has 0 unspecified atom stereocenters. The Balaban J connectivity index is 1.28. The van der Waals surface area contributed by atoms with Crippen LogP contribution in [-0.4, -0.2) is 13.7 Å². The summed E-state index contributed by atoms with van der Waals surface area (Å²) >= 11 is 0. The molecular formula is C44H25N5. The third-order valence-corrected chi connectivity index (χ3v) is 9.86. The van der Waals surface area contributed by atoms with E-state index in [0.29, 0.717) is 11.1 Å². The quantitative estimate of drug-likeness (QED) is 0.197. The van der Waals surface area contributed by atoms with Crippen LogP contribution in [0, 0.1) is 22.7 Å². The topological polar surface area (TPSA) is 62.4 Å². The number of nitriles is 2. The van der Waals surface area contributed by atoms with Crippen molar-refractivity contribution < 1.29 is 0 Å². The summed E-state index contributed by atoms with van der Waals surface area (Å²) in [6.07, 6.45) is 0. The molecule has 0 bridgehead atoms. The molecular weight excluding hydrogens is 599 g/mol. The second kappa shape index (κ2) is 10.2. The number of para-hydroxylation sites is 3. The van der Waals surface area contributed by atoms with E-state index in [2.05, 4.69) is 141 Å². The van der Waals surface area contributed by atoms with Gasteiger partial charge in [0.1, 0.15) is 0 Å². The highest BCUT2D eigenvalue weighted by atomic mass is 15.0. The molecule has 0 saturated heterocycles. The fourth-order valence-electron chi connectivity index (χ4n) is 7.86. The highest BCUT2D eigenvalue weighted by molar-refractivity contribution is 6.29. The zero-order chi connectivity index (χ0) is 32.6. The van der Waals surface area contributed by atoms with Gasteiger partial charge in [-0.25, -0.2) is 0 Å². The van der Waals surface area contributed by atoms with E-state index in [1.54, 1.807) is 0 Å². The van der Waals surface area contributed by atoms with Gasteiger partial charge < -0.3 is 13.7 Å². The molecule has 0 aliphatic carbocycles. The Labute approximate surface area is 280 Å². The molecule has 10 aromatic rings. The normalized spacial score (nSPS) is 11.6. The molecule has 5 heteroatoms. The first kappa shape index (κ1) is 27.1. The van der Waals surface area contributed by atoms with Gasteiger partial charge in [-0.1, -0.05) is 60.7 Å². The first-order valence-electron chi connectivity index (χ1n) is 16.2. The average Bonchev–Trinajstić information content (AvgIpc) is 3.80. The highest BCUT2D eigenvalue weighted by Crippen LogP contribution is 2.42. The molecule has 3 aromatic heterocycles. The number of fused-ring (bicyclic) bond motifs is 10. The smallest absolute Gasteiger partial charge is 0.0991 e. The molecule has 0 radical (unpaired) electrons. The summed E-state index contributed by atoms with van der Waals surface area (Å²) < 4.78 is 6.97. The van der Waals surface area contributed by atoms with E-state index in [1.165, 1.54) is 32.6 Å². The van der Waals surface area contributed by atoms with Crippen molar-refractivity contribution in [1.82, 2.24) is 13.7 Å². The second-order valence-electron chi connectivity index (χ2n) is 12.4. The lowest BCUT2D eigenvalue weighted by atomic mass is 10.1. The van der Waals surface area contributed by atoms with Crippen molar-refractivity contribution in [2.75, 3.05) is 0 Å². The number of hydrogen-bond donors (Lipinski definition) is 0. The van der Waals surface area contributed by atoms with E-state index in [1.807, 2.05) is 36.4 Å². The monoisotopic (exact) mass is 623 g/mol. The van der Waals surface area contributed by atoms with Crippen molar-refractivity contribution in [3.05, 3.63) is 163 Å². The third-order valence-electron chi connectivity index (χ3n) is 9.86. The van der Waals surface area contributed by atoms with Gasteiger partial charge in [-0.15, -0.1) is 0 Å². The minimum Gasteiger partial charge on any atom is -0.309 e. The van der Waals surface area contributed by atoms with Gasteiger partial charge in [0.05, 0.1) is 56.4 Å². The van der Waals surface area contributed by atoms with E-state index in [4.69, 9.17) is 0 Å². The molecule has 0 saturated carbocycles. The minimum absolute atomic E-state index is 0.591. The maximum atomic E-state index is 9.68. The van der Waals surface area contributed by atoms with Crippen molar-refractivity contribution >= 4 is 65.4 Å². The number of benzene rings is 7. The zero-order valence-electron chi connectivity index (χ0n) is 26.2. The van der Waals surface area contributed by atoms with Crippen LogP contribution >= 0.6 is 0 Å². The largest absolute Gasteiger partial charge is 0.309 e. The summed E-state index contributed by atoms with van der Waals surface area (Å²) in [6, 6.07) is 57.2. The van der Waals surface area contributed by atoms with Gasteiger partial charge in [0.25, 0.3) is 0 Å². The molecule has 5 nitrogen and oxygen atoms in total. The Morgan fingerprint density at radius 3 is 1.27 bits per heavy atom. The number of rotatable bonds is 3. The maximum absolute atomic E-state index is 9.68. The summed E-state index contributed by atoms with van der Waals surface area (Å²) in [7, 11) is 0. The van der Waals surface area contributed by atoms with Gasteiger partial charge in [-0.2, -0.15) is 10.5 Å². The molecule has 0 N–H and O–H groups in total. The molecule has 3 heterocycles. The van der Waals surface area contributed by atoms with E-state index in [9.17, 15) is 10.5 Å². The zero-order valence-corrected chi connectivity index (χ0v) is 26.2. The Morgan fingerprint density at radius 1 is 0.327 bits per heavy atom. The van der Waals surface area contributed by atoms with Gasteiger partial charge in [0.15, 0.2) is 0 Å². The highest BCUT2D eigenvalue weighted by Gasteiger charge is 2.21. The summed E-state index contributed by atoms with van der Waals surface area (Å²) in [5.74, 6) is 0. The fraction of sp³-hybridized carbons (Fsp3) is 0. The van der Waals surface area contributed by atoms with Crippen LogP contribution in [0.15, 0.2) is 152 Å². The number of nitrogens with zero attached hydrogens (tertiary/aromatic N) is 5. The van der Waals surface area contributed by atoms with Crippen molar-refractivity contribution in [2.24, 2.45) is 0 Å². The van der Waals surface area contributed by atoms with E-state index in [-0.39, 0.29) is 0 Å². The molecule has 7 aromatic carbocycles. The summed E-state index contributed by atoms with van der Waals surface area (Å²) in [5.41, 5.74) is 11.0. The Bertz CT molecular complexity index is 3000. The van der Waals surface area contributed by atoms with Crippen LogP contribution in [0.2, 0.25) is 0 Å². The van der Waals surface area contributed by atoms with Crippen LogP contribution < -0.4 is 0 Å². The van der Waals surface area contributed by atoms with Crippen LogP contribution in [0.4, 0.5) is 0 Å². The molecule has 0 aliphatic heterocycles. The molecule has 49 heavy (non-hydrogen) atoms. The lowest BCUT2D eigenvalue weighted by molar-refractivity contribution is 1.13. The van der Waals surface area contributed by atoms with Crippen molar-refractivity contribution in [2.45, 2.75) is 0 Å². The van der Waals surface area contributed by atoms with Crippen molar-refractivity contribution in [1.29, 1.82) is 10.5 Å². The first-order valence-corrected chi connectivity index (χ1v) is 16.2. The predicted molar refractivity (Wildman–Crippen MR) is 199 cm³/mol. The summed E-state index contributed by atoms with van der Waals surface area (Å²) in [6.45, 7) is 0. The van der Waals surface area contributed by atoms with Crippen molar-refractivity contribution in [3.63, 3.8) is 0 Å². The van der Waals surface area contributed by atoms with E-state index < -0.39 is 0 Å². The van der Waals surface area contributed by atoms with Crippen LogP contribution in [-0.2, 0) is 0 Å². The third kappa shape index (κ3) is 3.79. The molecule has 10 rings (SSSR count). The number of aromatic nitrogens is 3. The van der Waals surface area contributed by atoms with E-state index >= 15 is 0 Å². The number of hydrogen-bond acceptors (Lipinski definition) is 2. The summed E-state index contributed by atoms with van der Waals surface area (Å²) in [4.78, 5) is 0. The summed E-state index contributed by atoms with van der Waals surface area (Å²) in [5, 5.41) is 26.2. The SMILES string of the molecule is N#Cc1ccc2c(c1)c1cc(C#N)ccc1n2-c1cccc(-n2c3ccccc3c3c4c5ccccc5n(-c5ccccc5)c4ccc32)c1. The Morgan fingerprint density at radius 2 is 0.735 bits per heavy atom. The van der Waals surface area contributed by atoms with E-state index in [0.717, 1.165) is 49.9 Å². The van der Waals surface area contributed by atoms with Gasteiger partial charge in [-0.3, -0.25) is 0 Å². The van der Waals surface area contributed by atoms with Gasteiger partial charge in [-0.05, 0) is 91.0 Å². The Kier molecular flexibility index (Phi) is 5.64. The molecule has 0 atom stereocenters. The molecule has 226 valence electrons. The average molecular weight is 624 g/mol. The molecule has 0 aliphatic rings. The van der Waals surface area contributed by atoms with Crippen LogP contribution in [0.25, 0.3) is 82.5 Å². The lowest BCUT2D eigenvalue weighted by Gasteiger charge is -2.13. The Hall–Kier alpha value is -7.08. The van der Waals surface area contributed by atoms with Gasteiger partial charge in [0, 0.05) is 49.4 Å². The van der Waals surface area contributed by atoms with Gasteiger partial charge >= 0.3 is 0 Å². The predicted octanol–water partition coefficient (Wildman–Crippen LogP) is 10.7. The van der Waals surface area contributed by atoms with Crippen molar-refractivity contribution in [3.8, 4) is 29.2 Å². The fourth-order valence-corrected chi connectivity index (χ4v) is 7.86. The van der Waals surface area contributed by atoms with Gasteiger partial charge in [0.2, 0.25) is 0 Å². The van der Waals surface area contributed by atoms with Crippen LogP contribution in [0.3, 0.4) is 0 Å². The minimum atomic E-state index is 0.591.